The summed E-state index contributed by atoms with van der Waals surface area (Å²) in [5.74, 6) is 0. The van der Waals surface area contributed by atoms with Gasteiger partial charge in [-0.25, -0.2) is 0 Å². The number of halogens is 1. The largest absolute Gasteiger partial charge is 0.384 e. The van der Waals surface area contributed by atoms with E-state index in [2.05, 4.69) is 40.1 Å². The van der Waals surface area contributed by atoms with Crippen molar-refractivity contribution >= 4 is 33.9 Å². The fraction of sp³-hybridized carbons (Fsp3) is 0.500. The van der Waals surface area contributed by atoms with Gasteiger partial charge in [0.1, 0.15) is 6.10 Å². The monoisotopic (exact) mass is 334 g/mol. The van der Waals surface area contributed by atoms with Gasteiger partial charge >= 0.3 is 0 Å². The first kappa shape index (κ1) is 11.6. The van der Waals surface area contributed by atoms with Crippen LogP contribution in [0.5, 0.6) is 0 Å². The lowest BCUT2D eigenvalue weighted by molar-refractivity contribution is 0.211. The van der Waals surface area contributed by atoms with E-state index in [0.29, 0.717) is 0 Å². The van der Waals surface area contributed by atoms with Gasteiger partial charge in [-0.05, 0) is 70.9 Å². The molecule has 0 fully saturated rings. The first-order valence-electron chi connectivity index (χ1n) is 5.38. The predicted octanol–water partition coefficient (Wildman–Crippen LogP) is 4.28. The maximum Gasteiger partial charge on any atom is 0.101 e. The van der Waals surface area contributed by atoms with Gasteiger partial charge in [0.25, 0.3) is 0 Å². The normalized spacial score (nSPS) is 19.5. The van der Waals surface area contributed by atoms with Crippen molar-refractivity contribution in [1.82, 2.24) is 0 Å². The van der Waals surface area contributed by atoms with Crippen LogP contribution in [-0.4, -0.2) is 5.11 Å². The van der Waals surface area contributed by atoms with E-state index in [1.807, 2.05) is 0 Å². The fourth-order valence-electron chi connectivity index (χ4n) is 1.97. The molecule has 2 rings (SSSR count). The lowest BCUT2D eigenvalue weighted by Gasteiger charge is -2.12. The zero-order valence-corrected chi connectivity index (χ0v) is 11.6. The topological polar surface area (TPSA) is 20.2 Å². The van der Waals surface area contributed by atoms with E-state index in [9.17, 15) is 5.11 Å². The van der Waals surface area contributed by atoms with Crippen molar-refractivity contribution in [2.24, 2.45) is 0 Å². The molecular formula is C12H15IOS. The number of hydrogen-bond donors (Lipinski definition) is 1. The van der Waals surface area contributed by atoms with Crippen LogP contribution in [0.3, 0.4) is 0 Å². The maximum absolute atomic E-state index is 10.2. The molecule has 3 heteroatoms. The van der Waals surface area contributed by atoms with Gasteiger partial charge in [-0.1, -0.05) is 12.5 Å². The van der Waals surface area contributed by atoms with Gasteiger partial charge in [-0.15, -0.1) is 11.3 Å². The molecule has 0 bridgehead atoms. The number of hydrogen-bond acceptors (Lipinski definition) is 2. The molecule has 0 spiro atoms. The van der Waals surface area contributed by atoms with Crippen molar-refractivity contribution in [3.05, 3.63) is 31.5 Å². The lowest BCUT2D eigenvalue weighted by Crippen LogP contribution is -1.99. The fourth-order valence-corrected chi connectivity index (χ4v) is 3.36. The highest BCUT2D eigenvalue weighted by molar-refractivity contribution is 14.1. The SMILES string of the molecule is OC(C1=CCCCCC1)c1csc(I)c1. The second-order valence-electron chi connectivity index (χ2n) is 3.97. The van der Waals surface area contributed by atoms with Gasteiger partial charge in [0.15, 0.2) is 0 Å². The molecule has 1 aromatic rings. The van der Waals surface area contributed by atoms with Crippen LogP contribution < -0.4 is 0 Å². The summed E-state index contributed by atoms with van der Waals surface area (Å²) in [6.45, 7) is 0. The van der Waals surface area contributed by atoms with Crippen LogP contribution in [0, 0.1) is 2.88 Å². The Balaban J connectivity index is 2.12. The van der Waals surface area contributed by atoms with Crippen molar-refractivity contribution in [1.29, 1.82) is 0 Å². The van der Waals surface area contributed by atoms with Gasteiger partial charge in [-0.2, -0.15) is 0 Å². The quantitative estimate of drug-likeness (QED) is 0.632. The van der Waals surface area contributed by atoms with Crippen LogP contribution >= 0.6 is 33.9 Å². The zero-order chi connectivity index (χ0) is 10.7. The summed E-state index contributed by atoms with van der Waals surface area (Å²) in [7, 11) is 0. The summed E-state index contributed by atoms with van der Waals surface area (Å²) >= 11 is 4.00. The zero-order valence-electron chi connectivity index (χ0n) is 8.58. The number of aliphatic hydroxyl groups excluding tert-OH is 1. The van der Waals surface area contributed by atoms with Crippen LogP contribution in [0.25, 0.3) is 0 Å². The molecule has 1 nitrogen and oxygen atoms in total. The Morgan fingerprint density at radius 2 is 2.20 bits per heavy atom. The molecular weight excluding hydrogens is 319 g/mol. The average Bonchev–Trinajstić information content (AvgIpc) is 2.53. The summed E-state index contributed by atoms with van der Waals surface area (Å²) in [6.07, 6.45) is 7.88. The van der Waals surface area contributed by atoms with E-state index in [4.69, 9.17) is 0 Å². The minimum absolute atomic E-state index is 0.358. The molecule has 0 aliphatic heterocycles. The Morgan fingerprint density at radius 3 is 2.93 bits per heavy atom. The standard InChI is InChI=1S/C12H15IOS/c13-11-7-10(8-15-11)12(14)9-5-3-1-2-4-6-9/h5,7-8,12,14H,1-4,6H2. The Morgan fingerprint density at radius 1 is 1.33 bits per heavy atom. The highest BCUT2D eigenvalue weighted by atomic mass is 127. The van der Waals surface area contributed by atoms with Crippen LogP contribution in [0.2, 0.25) is 0 Å². The van der Waals surface area contributed by atoms with E-state index in [1.165, 1.54) is 27.7 Å². The molecule has 0 saturated carbocycles. The molecule has 0 amide bonds. The molecule has 0 saturated heterocycles. The first-order chi connectivity index (χ1) is 7.27. The van der Waals surface area contributed by atoms with Gasteiger partial charge < -0.3 is 5.11 Å². The summed E-state index contributed by atoms with van der Waals surface area (Å²) < 4.78 is 1.25. The van der Waals surface area contributed by atoms with Gasteiger partial charge in [0.2, 0.25) is 0 Å². The molecule has 1 N–H and O–H groups in total. The second-order valence-corrected chi connectivity index (χ2v) is 6.77. The van der Waals surface area contributed by atoms with Crippen molar-refractivity contribution in [3.63, 3.8) is 0 Å². The Bertz CT molecular complexity index is 356. The highest BCUT2D eigenvalue weighted by Gasteiger charge is 2.15. The number of rotatable bonds is 2. The van der Waals surface area contributed by atoms with Crippen molar-refractivity contribution in [3.8, 4) is 0 Å². The van der Waals surface area contributed by atoms with Crippen LogP contribution in [0.4, 0.5) is 0 Å². The van der Waals surface area contributed by atoms with E-state index in [-0.39, 0.29) is 6.10 Å². The first-order valence-corrected chi connectivity index (χ1v) is 7.34. The predicted molar refractivity (Wildman–Crippen MR) is 73.2 cm³/mol. The Kier molecular flexibility index (Phi) is 4.22. The van der Waals surface area contributed by atoms with Gasteiger partial charge in [-0.3, -0.25) is 0 Å². The Labute approximate surface area is 108 Å². The Hall–Kier alpha value is 0.130. The van der Waals surface area contributed by atoms with E-state index in [1.54, 1.807) is 11.3 Å². The number of thiophene rings is 1. The molecule has 0 aromatic carbocycles. The third-order valence-electron chi connectivity index (χ3n) is 2.83. The second kappa shape index (κ2) is 5.46. The number of aliphatic hydroxyl groups is 1. The minimum Gasteiger partial charge on any atom is -0.384 e. The summed E-state index contributed by atoms with van der Waals surface area (Å²) in [6, 6.07) is 2.08. The summed E-state index contributed by atoms with van der Waals surface area (Å²) in [4.78, 5) is 0. The smallest absolute Gasteiger partial charge is 0.101 e. The third-order valence-corrected chi connectivity index (χ3v) is 4.64. The molecule has 1 aliphatic rings. The molecule has 82 valence electrons. The molecule has 1 aliphatic carbocycles. The maximum atomic E-state index is 10.2. The van der Waals surface area contributed by atoms with Crippen LogP contribution in [0.1, 0.15) is 43.8 Å². The molecule has 1 heterocycles. The van der Waals surface area contributed by atoms with Crippen LogP contribution in [-0.2, 0) is 0 Å². The average molecular weight is 334 g/mol. The summed E-state index contributed by atoms with van der Waals surface area (Å²) in [5.41, 5.74) is 2.29. The van der Waals surface area contributed by atoms with Crippen LogP contribution in [0.15, 0.2) is 23.1 Å². The van der Waals surface area contributed by atoms with Gasteiger partial charge in [0, 0.05) is 0 Å². The van der Waals surface area contributed by atoms with E-state index in [0.717, 1.165) is 18.4 Å². The van der Waals surface area contributed by atoms with E-state index < -0.39 is 0 Å². The minimum atomic E-state index is -0.358. The van der Waals surface area contributed by atoms with Gasteiger partial charge in [0.05, 0.1) is 2.88 Å². The third kappa shape index (κ3) is 3.04. The molecule has 1 aromatic heterocycles. The number of allylic oxidation sites excluding steroid dienone is 1. The van der Waals surface area contributed by atoms with E-state index >= 15 is 0 Å². The van der Waals surface area contributed by atoms with Crippen molar-refractivity contribution < 1.29 is 5.11 Å². The van der Waals surface area contributed by atoms with Crippen molar-refractivity contribution in [2.45, 2.75) is 38.2 Å². The molecule has 1 unspecified atom stereocenters. The highest BCUT2D eigenvalue weighted by Crippen LogP contribution is 2.31. The lowest BCUT2D eigenvalue weighted by atomic mass is 10.0. The molecule has 15 heavy (non-hydrogen) atoms. The molecule has 0 radical (unpaired) electrons. The molecule has 1 atom stereocenters. The van der Waals surface area contributed by atoms with Crippen molar-refractivity contribution in [2.75, 3.05) is 0 Å². The summed E-state index contributed by atoms with van der Waals surface area (Å²) in [5, 5.41) is 12.3.